The van der Waals surface area contributed by atoms with Gasteiger partial charge in [0.15, 0.2) is 11.5 Å². The highest BCUT2D eigenvalue weighted by Crippen LogP contribution is 2.56. The molecule has 3 heterocycles. The van der Waals surface area contributed by atoms with Crippen LogP contribution in [0.4, 0.5) is 32.4 Å². The van der Waals surface area contributed by atoms with E-state index in [1.165, 1.54) is 18.2 Å². The summed E-state index contributed by atoms with van der Waals surface area (Å²) in [6.45, 7) is 2.80. The number of aromatic amines is 2. The molecule has 1 atom stereocenters. The Morgan fingerprint density at radius 1 is 1.15 bits per heavy atom. The first-order valence-electron chi connectivity index (χ1n) is 15.3. The molecule has 0 unspecified atom stereocenters. The smallest absolute Gasteiger partial charge is 0.347 e. The summed E-state index contributed by atoms with van der Waals surface area (Å²) >= 11 is 6.40. The van der Waals surface area contributed by atoms with Crippen molar-refractivity contribution in [2.45, 2.75) is 81.1 Å². The van der Waals surface area contributed by atoms with Crippen molar-refractivity contribution >= 4 is 35.1 Å². The van der Waals surface area contributed by atoms with Gasteiger partial charge in [-0.1, -0.05) is 11.6 Å². The molecule has 0 bridgehead atoms. The van der Waals surface area contributed by atoms with Gasteiger partial charge in [-0.25, -0.2) is 18.6 Å². The van der Waals surface area contributed by atoms with Crippen LogP contribution in [0.25, 0.3) is 0 Å². The lowest BCUT2D eigenvalue weighted by atomic mass is 9.87. The molecule has 18 heteroatoms. The van der Waals surface area contributed by atoms with Crippen LogP contribution < -0.4 is 21.7 Å². The van der Waals surface area contributed by atoms with Crippen LogP contribution in [0.1, 0.15) is 88.6 Å². The van der Waals surface area contributed by atoms with Gasteiger partial charge in [-0.15, -0.1) is 0 Å². The van der Waals surface area contributed by atoms with Crippen LogP contribution in [-0.4, -0.2) is 79.5 Å². The van der Waals surface area contributed by atoms with E-state index in [9.17, 15) is 36.3 Å². The van der Waals surface area contributed by atoms with Crippen molar-refractivity contribution in [3.8, 4) is 0 Å². The Morgan fingerprint density at radius 3 is 2.44 bits per heavy atom. The van der Waals surface area contributed by atoms with Crippen LogP contribution in [0.2, 0.25) is 5.02 Å². The molecule has 3 aliphatic rings. The second-order valence-electron chi connectivity index (χ2n) is 12.9. The zero-order valence-corrected chi connectivity index (χ0v) is 26.4. The molecule has 2 aliphatic carbocycles. The highest BCUT2D eigenvalue weighted by molar-refractivity contribution is 6.34. The first kappa shape index (κ1) is 33.6. The van der Waals surface area contributed by atoms with Crippen molar-refractivity contribution in [3.05, 3.63) is 63.5 Å². The minimum Gasteiger partial charge on any atom is -0.347 e. The first-order valence-corrected chi connectivity index (χ1v) is 15.7. The molecule has 0 radical (unpaired) electrons. The van der Waals surface area contributed by atoms with E-state index in [2.05, 4.69) is 36.1 Å². The molecule has 2 saturated carbocycles. The average Bonchev–Trinajstić information content (AvgIpc) is 3.30. The maximum absolute atomic E-state index is 13.7. The Hall–Kier alpha value is -4.25. The standard InChI is InChI=1S/C30H33ClF5N9O3/c1-28(4-6-45(7-5-28)27(48)41-16-8-14(37)9-16)42-25(46)18-3-2-15(11-21(18)31)40-26(47)24-38-13-17(39-24)10-19-22(20-12-29(20,32)33)43-44-23(19)30(34,35)36/h2-3,11,13-14,16,20H,4-10,12,37H2,1H3,(H,38,39)(H,40,47)(H,41,48)(H,42,46)(H,43,44)/t14?,16?,20-/m1/s1. The van der Waals surface area contributed by atoms with Gasteiger partial charge in [0.2, 0.25) is 0 Å². The van der Waals surface area contributed by atoms with E-state index in [0.29, 0.717) is 25.9 Å². The molecule has 3 aromatic rings. The number of benzene rings is 1. The fourth-order valence-electron chi connectivity index (χ4n) is 6.04. The monoisotopic (exact) mass is 697 g/mol. The van der Waals surface area contributed by atoms with Gasteiger partial charge in [0.25, 0.3) is 17.7 Å². The number of hydrogen-bond acceptors (Lipinski definition) is 6. The summed E-state index contributed by atoms with van der Waals surface area (Å²) in [6.07, 6.45) is -2.22. The lowest BCUT2D eigenvalue weighted by molar-refractivity contribution is -0.141. The van der Waals surface area contributed by atoms with E-state index in [1.54, 1.807) is 4.90 Å². The third kappa shape index (κ3) is 7.11. The van der Waals surface area contributed by atoms with Gasteiger partial charge < -0.3 is 31.6 Å². The first-order chi connectivity index (χ1) is 22.5. The quantitative estimate of drug-likeness (QED) is 0.188. The Kier molecular flexibility index (Phi) is 8.64. The van der Waals surface area contributed by atoms with Crippen molar-refractivity contribution in [3.63, 3.8) is 0 Å². The Morgan fingerprint density at radius 2 is 1.83 bits per heavy atom. The number of alkyl halides is 5. The van der Waals surface area contributed by atoms with E-state index in [4.69, 9.17) is 17.3 Å². The molecular weight excluding hydrogens is 665 g/mol. The van der Waals surface area contributed by atoms with Crippen molar-refractivity contribution in [2.75, 3.05) is 18.4 Å². The lowest BCUT2D eigenvalue weighted by Gasteiger charge is -2.41. The summed E-state index contributed by atoms with van der Waals surface area (Å²) in [4.78, 5) is 46.8. The summed E-state index contributed by atoms with van der Waals surface area (Å²) < 4.78 is 68.0. The molecule has 1 aliphatic heterocycles. The minimum atomic E-state index is -4.88. The number of urea groups is 1. The third-order valence-corrected chi connectivity index (χ3v) is 9.41. The number of nitrogens with two attached hydrogens (primary N) is 1. The predicted octanol–water partition coefficient (Wildman–Crippen LogP) is 4.55. The van der Waals surface area contributed by atoms with Crippen LogP contribution >= 0.6 is 11.6 Å². The zero-order valence-electron chi connectivity index (χ0n) is 25.6. The Bertz CT molecular complexity index is 1730. The maximum Gasteiger partial charge on any atom is 0.435 e. The van der Waals surface area contributed by atoms with Gasteiger partial charge in [0, 0.05) is 72.4 Å². The summed E-state index contributed by atoms with van der Waals surface area (Å²) in [7, 11) is 0. The predicted molar refractivity (Wildman–Crippen MR) is 163 cm³/mol. The highest BCUT2D eigenvalue weighted by atomic mass is 35.5. The molecule has 1 saturated heterocycles. The fourth-order valence-corrected chi connectivity index (χ4v) is 6.31. The van der Waals surface area contributed by atoms with E-state index >= 15 is 0 Å². The van der Waals surface area contributed by atoms with Gasteiger partial charge >= 0.3 is 12.2 Å². The summed E-state index contributed by atoms with van der Waals surface area (Å²) in [5, 5.41) is 13.9. The van der Waals surface area contributed by atoms with Gasteiger partial charge in [-0.3, -0.25) is 14.7 Å². The number of imidazole rings is 1. The number of hydrogen-bond donors (Lipinski definition) is 6. The van der Waals surface area contributed by atoms with Crippen LogP contribution in [0.3, 0.4) is 0 Å². The Balaban J connectivity index is 1.04. The second kappa shape index (κ2) is 12.3. The van der Waals surface area contributed by atoms with E-state index < -0.39 is 59.5 Å². The zero-order chi connectivity index (χ0) is 34.6. The van der Waals surface area contributed by atoms with Crippen LogP contribution in [0, 0.1) is 0 Å². The van der Waals surface area contributed by atoms with Gasteiger partial charge in [0.1, 0.15) is 0 Å². The number of likely N-dealkylation sites (tertiary alicyclic amines) is 1. The molecule has 1 aromatic carbocycles. The number of piperidine rings is 1. The average molecular weight is 698 g/mol. The topological polar surface area (TPSA) is 174 Å². The molecule has 3 fully saturated rings. The van der Waals surface area contributed by atoms with Gasteiger partial charge in [-0.2, -0.15) is 18.3 Å². The third-order valence-electron chi connectivity index (χ3n) is 9.10. The van der Waals surface area contributed by atoms with Crippen molar-refractivity contribution < 1.29 is 36.3 Å². The molecule has 2 aromatic heterocycles. The number of rotatable bonds is 8. The van der Waals surface area contributed by atoms with Gasteiger partial charge in [-0.05, 0) is 50.8 Å². The van der Waals surface area contributed by atoms with Crippen molar-refractivity contribution in [2.24, 2.45) is 5.73 Å². The number of carbonyl (C=O) groups excluding carboxylic acids is 3. The number of halogens is 6. The van der Waals surface area contributed by atoms with E-state index in [0.717, 1.165) is 19.0 Å². The largest absolute Gasteiger partial charge is 0.435 e. The highest BCUT2D eigenvalue weighted by Gasteiger charge is 2.60. The minimum absolute atomic E-state index is 0.0496. The summed E-state index contributed by atoms with van der Waals surface area (Å²) in [5.41, 5.74) is 3.60. The Labute approximate surface area is 275 Å². The van der Waals surface area contributed by atoms with Crippen LogP contribution in [-0.2, 0) is 12.6 Å². The van der Waals surface area contributed by atoms with Gasteiger partial charge in [0.05, 0.1) is 16.5 Å². The lowest BCUT2D eigenvalue weighted by Crippen LogP contribution is -2.58. The molecule has 7 N–H and O–H groups in total. The van der Waals surface area contributed by atoms with E-state index in [-0.39, 0.29) is 51.6 Å². The van der Waals surface area contributed by atoms with Crippen LogP contribution in [0.5, 0.6) is 0 Å². The second-order valence-corrected chi connectivity index (χ2v) is 13.3. The molecule has 0 spiro atoms. The molecule has 12 nitrogen and oxygen atoms in total. The van der Waals surface area contributed by atoms with Crippen molar-refractivity contribution in [1.82, 2.24) is 35.7 Å². The van der Waals surface area contributed by atoms with E-state index in [1.807, 2.05) is 6.92 Å². The maximum atomic E-state index is 13.7. The van der Waals surface area contributed by atoms with Crippen LogP contribution in [0.15, 0.2) is 24.4 Å². The number of anilines is 1. The molecule has 48 heavy (non-hydrogen) atoms. The number of aromatic nitrogens is 4. The number of amides is 4. The number of H-pyrrole nitrogens is 2. The summed E-state index contributed by atoms with van der Waals surface area (Å²) in [6, 6.07) is 4.32. The molecule has 6 rings (SSSR count). The normalized spacial score (nSPS) is 22.8. The van der Waals surface area contributed by atoms with Crippen molar-refractivity contribution in [1.29, 1.82) is 0 Å². The SMILES string of the molecule is CC1(NC(=O)c2ccc(NC(=O)c3ncc(Cc4c(C(F)(F)F)n[nH]c4[C@H]4CC4(F)F)[nH]3)cc2Cl)CCN(C(=O)NC2CC(N)C2)CC1. The fraction of sp³-hybridized carbons (Fsp3) is 0.500. The number of nitrogens with zero attached hydrogens (tertiary/aromatic N) is 3. The number of nitrogens with one attached hydrogen (secondary N) is 5. The molecule has 258 valence electrons. The molecular formula is C30H33ClF5N9O3. The number of carbonyl (C=O) groups is 3. The summed E-state index contributed by atoms with van der Waals surface area (Å²) in [5.74, 6) is -5.96. The molecule has 4 amide bonds.